The van der Waals surface area contributed by atoms with Gasteiger partial charge in [-0.3, -0.25) is 9.80 Å². The molecule has 0 aromatic carbocycles. The van der Waals surface area contributed by atoms with Crippen LogP contribution in [0, 0.1) is 6.92 Å². The van der Waals surface area contributed by atoms with Crippen molar-refractivity contribution in [2.75, 3.05) is 71.5 Å². The highest BCUT2D eigenvalue weighted by Crippen LogP contribution is 2.25. The molecule has 7 heteroatoms. The van der Waals surface area contributed by atoms with Gasteiger partial charge in [0.1, 0.15) is 0 Å². The Balaban J connectivity index is 1.90. The lowest BCUT2D eigenvalue weighted by molar-refractivity contribution is 0.0320. The van der Waals surface area contributed by atoms with Gasteiger partial charge in [0.25, 0.3) is 0 Å². The molecule has 0 spiro atoms. The summed E-state index contributed by atoms with van der Waals surface area (Å²) < 4.78 is 5.38. The van der Waals surface area contributed by atoms with Gasteiger partial charge in [-0.25, -0.2) is 4.98 Å². The minimum atomic E-state index is 0.196. The molecule has 0 bridgehead atoms. The first-order chi connectivity index (χ1) is 10.6. The van der Waals surface area contributed by atoms with Gasteiger partial charge < -0.3 is 14.7 Å². The van der Waals surface area contributed by atoms with E-state index in [1.54, 1.807) is 11.3 Å². The van der Waals surface area contributed by atoms with Crippen molar-refractivity contribution < 1.29 is 9.84 Å². The molecule has 0 aliphatic carbocycles. The van der Waals surface area contributed by atoms with Crippen molar-refractivity contribution >= 4 is 16.5 Å². The first kappa shape index (κ1) is 17.6. The van der Waals surface area contributed by atoms with Gasteiger partial charge in [0.05, 0.1) is 25.5 Å². The Hall–Kier alpha value is -0.730. The third-order valence-electron chi connectivity index (χ3n) is 3.88. The normalized spacial score (nSPS) is 16.4. The predicted molar refractivity (Wildman–Crippen MR) is 90.8 cm³/mol. The van der Waals surface area contributed by atoms with E-state index < -0.39 is 0 Å². The highest BCUT2D eigenvalue weighted by molar-refractivity contribution is 7.15. The molecule has 1 fully saturated rings. The molecular formula is C15H28N4O2S. The molecule has 1 aromatic heterocycles. The number of ether oxygens (including phenoxy) is 1. The molecule has 22 heavy (non-hydrogen) atoms. The molecular weight excluding hydrogens is 300 g/mol. The number of morpholine rings is 1. The maximum Gasteiger partial charge on any atom is 0.185 e. The van der Waals surface area contributed by atoms with Crippen LogP contribution in [0.1, 0.15) is 10.6 Å². The summed E-state index contributed by atoms with van der Waals surface area (Å²) in [6.45, 7) is 9.52. The lowest BCUT2D eigenvalue weighted by atomic mass is 10.3. The van der Waals surface area contributed by atoms with Crippen LogP contribution in [0.15, 0.2) is 0 Å². The van der Waals surface area contributed by atoms with E-state index in [9.17, 15) is 5.11 Å². The van der Waals surface area contributed by atoms with Crippen LogP contribution in [0.25, 0.3) is 0 Å². The molecule has 1 aliphatic heterocycles. The van der Waals surface area contributed by atoms with Crippen LogP contribution >= 0.6 is 11.3 Å². The lowest BCUT2D eigenvalue weighted by Gasteiger charge is -2.29. The first-order valence-corrected chi connectivity index (χ1v) is 8.68. The molecule has 2 heterocycles. The molecule has 1 saturated heterocycles. The van der Waals surface area contributed by atoms with E-state index in [2.05, 4.69) is 21.7 Å². The van der Waals surface area contributed by atoms with E-state index in [4.69, 9.17) is 4.74 Å². The van der Waals surface area contributed by atoms with Gasteiger partial charge in [0.2, 0.25) is 0 Å². The SMILES string of the molecule is Cc1nc(N(C)C)sc1CN(CCO)CCN1CCOCC1. The van der Waals surface area contributed by atoms with Crippen molar-refractivity contribution in [3.8, 4) is 0 Å². The van der Waals surface area contributed by atoms with E-state index in [0.29, 0.717) is 6.54 Å². The maximum atomic E-state index is 9.32. The third kappa shape index (κ3) is 5.17. The molecule has 6 nitrogen and oxygen atoms in total. The second kappa shape index (κ2) is 8.79. The molecule has 0 amide bonds. The summed E-state index contributed by atoms with van der Waals surface area (Å²) in [5.41, 5.74) is 1.10. The zero-order valence-corrected chi connectivity index (χ0v) is 14.7. The summed E-state index contributed by atoms with van der Waals surface area (Å²) in [5.74, 6) is 0. The van der Waals surface area contributed by atoms with Crippen molar-refractivity contribution in [2.45, 2.75) is 13.5 Å². The number of aryl methyl sites for hydroxylation is 1. The minimum absolute atomic E-state index is 0.196. The number of aliphatic hydroxyl groups is 1. The molecule has 1 aliphatic rings. The van der Waals surface area contributed by atoms with E-state index >= 15 is 0 Å². The molecule has 126 valence electrons. The van der Waals surface area contributed by atoms with Crippen LogP contribution in [-0.4, -0.2) is 86.5 Å². The van der Waals surface area contributed by atoms with Crippen molar-refractivity contribution in [1.29, 1.82) is 0 Å². The highest BCUT2D eigenvalue weighted by atomic mass is 32.1. The summed E-state index contributed by atoms with van der Waals surface area (Å²) in [6.07, 6.45) is 0. The molecule has 0 unspecified atom stereocenters. The molecule has 0 atom stereocenters. The predicted octanol–water partition coefficient (Wildman–Crippen LogP) is 0.644. The smallest absolute Gasteiger partial charge is 0.185 e. The van der Waals surface area contributed by atoms with E-state index in [0.717, 1.165) is 56.8 Å². The summed E-state index contributed by atoms with van der Waals surface area (Å²) in [5, 5.41) is 10.4. The van der Waals surface area contributed by atoms with Crippen LogP contribution in [-0.2, 0) is 11.3 Å². The molecule has 1 N–H and O–H groups in total. The van der Waals surface area contributed by atoms with Crippen LogP contribution in [0.2, 0.25) is 0 Å². The van der Waals surface area contributed by atoms with E-state index in [-0.39, 0.29) is 6.61 Å². The molecule has 0 radical (unpaired) electrons. The number of nitrogens with zero attached hydrogens (tertiary/aromatic N) is 4. The first-order valence-electron chi connectivity index (χ1n) is 7.87. The van der Waals surface area contributed by atoms with Gasteiger partial charge in [-0.15, -0.1) is 11.3 Å². The van der Waals surface area contributed by atoms with Crippen molar-refractivity contribution in [2.24, 2.45) is 0 Å². The highest BCUT2D eigenvalue weighted by Gasteiger charge is 2.15. The summed E-state index contributed by atoms with van der Waals surface area (Å²) in [6, 6.07) is 0. The summed E-state index contributed by atoms with van der Waals surface area (Å²) in [7, 11) is 4.04. The Bertz CT molecular complexity index is 447. The second-order valence-electron chi connectivity index (χ2n) is 5.85. The number of rotatable bonds is 8. The number of hydrogen-bond donors (Lipinski definition) is 1. The fourth-order valence-corrected chi connectivity index (χ4v) is 3.50. The maximum absolute atomic E-state index is 9.32. The Morgan fingerprint density at radius 3 is 2.59 bits per heavy atom. The molecule has 2 rings (SSSR count). The van der Waals surface area contributed by atoms with Crippen LogP contribution in [0.4, 0.5) is 5.13 Å². The van der Waals surface area contributed by atoms with Gasteiger partial charge in [-0.1, -0.05) is 0 Å². The van der Waals surface area contributed by atoms with Gasteiger partial charge in [-0.05, 0) is 6.92 Å². The van der Waals surface area contributed by atoms with Crippen molar-refractivity contribution in [1.82, 2.24) is 14.8 Å². The number of hydrogen-bond acceptors (Lipinski definition) is 7. The second-order valence-corrected chi connectivity index (χ2v) is 6.92. The summed E-state index contributed by atoms with van der Waals surface area (Å²) in [4.78, 5) is 12.7. The largest absolute Gasteiger partial charge is 0.395 e. The van der Waals surface area contributed by atoms with E-state index in [1.807, 2.05) is 19.0 Å². The monoisotopic (exact) mass is 328 g/mol. The Labute approximate surface area is 137 Å². The molecule has 0 saturated carbocycles. The van der Waals surface area contributed by atoms with Crippen LogP contribution < -0.4 is 4.90 Å². The Morgan fingerprint density at radius 2 is 2.00 bits per heavy atom. The van der Waals surface area contributed by atoms with Gasteiger partial charge >= 0.3 is 0 Å². The summed E-state index contributed by atoms with van der Waals surface area (Å²) >= 11 is 1.74. The Morgan fingerprint density at radius 1 is 1.27 bits per heavy atom. The number of anilines is 1. The zero-order valence-electron chi connectivity index (χ0n) is 13.9. The average Bonchev–Trinajstić information content (AvgIpc) is 2.87. The van der Waals surface area contributed by atoms with E-state index in [1.165, 1.54) is 4.88 Å². The number of aromatic nitrogens is 1. The lowest BCUT2D eigenvalue weighted by Crippen LogP contribution is -2.41. The fourth-order valence-electron chi connectivity index (χ4n) is 2.47. The number of aliphatic hydroxyl groups excluding tert-OH is 1. The third-order valence-corrected chi connectivity index (χ3v) is 5.19. The topological polar surface area (TPSA) is 52.1 Å². The minimum Gasteiger partial charge on any atom is -0.395 e. The Kier molecular flexibility index (Phi) is 7.04. The van der Waals surface area contributed by atoms with Gasteiger partial charge in [0, 0.05) is 58.2 Å². The van der Waals surface area contributed by atoms with Gasteiger partial charge in [0.15, 0.2) is 5.13 Å². The zero-order chi connectivity index (χ0) is 15.9. The van der Waals surface area contributed by atoms with Crippen molar-refractivity contribution in [3.63, 3.8) is 0 Å². The van der Waals surface area contributed by atoms with Gasteiger partial charge in [-0.2, -0.15) is 0 Å². The van der Waals surface area contributed by atoms with Crippen molar-refractivity contribution in [3.05, 3.63) is 10.6 Å². The standard InChI is InChI=1S/C15H28N4O2S/c1-13-14(22-15(16-13)17(2)3)12-19(6-9-20)5-4-18-7-10-21-11-8-18/h20H,4-12H2,1-3H3. The fraction of sp³-hybridized carbons (Fsp3) is 0.800. The van der Waals surface area contributed by atoms with Crippen LogP contribution in [0.5, 0.6) is 0 Å². The average molecular weight is 328 g/mol. The quantitative estimate of drug-likeness (QED) is 0.756. The number of thiazole rings is 1. The van der Waals surface area contributed by atoms with Crippen LogP contribution in [0.3, 0.4) is 0 Å². The molecule has 1 aromatic rings.